The second-order valence-electron chi connectivity index (χ2n) is 12.1. The molecule has 10 nitrogen and oxygen atoms in total. The van der Waals surface area contributed by atoms with Crippen molar-refractivity contribution in [2.75, 3.05) is 53.0 Å². The number of hydrogen-bond donors (Lipinski definition) is 4. The lowest BCUT2D eigenvalue weighted by Crippen LogP contribution is -2.55. The fourth-order valence-corrected chi connectivity index (χ4v) is 6.50. The zero-order valence-electron chi connectivity index (χ0n) is 24.2. The molecule has 3 fully saturated rings. The molecular formula is C30H48N4O6. The Hall–Kier alpha value is -2.40. The molecule has 0 aromatic heterocycles. The molecule has 1 aromatic carbocycles. The highest BCUT2D eigenvalue weighted by atomic mass is 16.6. The molecule has 4 rings (SSSR count). The average Bonchev–Trinajstić information content (AvgIpc) is 3.54. The van der Waals surface area contributed by atoms with Gasteiger partial charge in [-0.15, -0.1) is 0 Å². The second kappa shape index (κ2) is 14.5. The maximum Gasteiger partial charge on any atom is 0.407 e. The smallest absolute Gasteiger partial charge is 0.407 e. The highest BCUT2D eigenvalue weighted by Crippen LogP contribution is 2.42. The van der Waals surface area contributed by atoms with Crippen LogP contribution in [0.3, 0.4) is 0 Å². The van der Waals surface area contributed by atoms with E-state index < -0.39 is 24.3 Å². The highest BCUT2D eigenvalue weighted by molar-refractivity contribution is 5.74. The molecule has 10 heteroatoms. The number of hydrogen-bond acceptors (Lipinski definition) is 7. The maximum atomic E-state index is 13.5. The van der Waals surface area contributed by atoms with Crippen molar-refractivity contribution >= 4 is 12.1 Å². The molecule has 3 aliphatic rings. The van der Waals surface area contributed by atoms with Crippen LogP contribution in [0.25, 0.3) is 0 Å². The van der Waals surface area contributed by atoms with E-state index in [1.54, 1.807) is 4.90 Å². The Morgan fingerprint density at radius 2 is 1.88 bits per heavy atom. The van der Waals surface area contributed by atoms with Gasteiger partial charge in [0.15, 0.2) is 0 Å². The molecule has 1 aliphatic carbocycles. The van der Waals surface area contributed by atoms with Gasteiger partial charge >= 0.3 is 12.1 Å². The van der Waals surface area contributed by atoms with E-state index in [4.69, 9.17) is 9.47 Å². The molecule has 3 amide bonds. The first-order valence-electron chi connectivity index (χ1n) is 14.9. The number of aliphatic hydroxyl groups is 2. The third-order valence-corrected chi connectivity index (χ3v) is 8.72. The van der Waals surface area contributed by atoms with Gasteiger partial charge < -0.3 is 40.1 Å². The summed E-state index contributed by atoms with van der Waals surface area (Å²) in [6, 6.07) is 9.34. The summed E-state index contributed by atoms with van der Waals surface area (Å²) in [5.74, 6) is 0.463. The van der Waals surface area contributed by atoms with E-state index in [0.29, 0.717) is 45.3 Å². The van der Waals surface area contributed by atoms with Crippen molar-refractivity contribution in [1.82, 2.24) is 20.4 Å². The molecule has 2 saturated heterocycles. The van der Waals surface area contributed by atoms with Crippen LogP contribution in [-0.2, 0) is 15.9 Å². The Balaban J connectivity index is 1.44. The number of rotatable bonds is 11. The molecule has 4 unspecified atom stereocenters. The summed E-state index contributed by atoms with van der Waals surface area (Å²) in [5.41, 5.74) is 0.959. The third kappa shape index (κ3) is 7.87. The molecule has 40 heavy (non-hydrogen) atoms. The fourth-order valence-electron chi connectivity index (χ4n) is 6.50. The number of aliphatic hydroxyl groups excluding tert-OH is 2. The second-order valence-corrected chi connectivity index (χ2v) is 12.1. The normalized spacial score (nSPS) is 26.4. The number of alkyl carbamates (subject to hydrolysis) is 1. The minimum atomic E-state index is -1.01. The van der Waals surface area contributed by atoms with Gasteiger partial charge in [0.2, 0.25) is 0 Å². The number of fused-ring (bicyclic) bond motifs is 1. The van der Waals surface area contributed by atoms with Gasteiger partial charge in [-0.1, -0.05) is 44.2 Å². The van der Waals surface area contributed by atoms with Gasteiger partial charge in [0.05, 0.1) is 25.3 Å². The van der Waals surface area contributed by atoms with Crippen LogP contribution in [0.2, 0.25) is 0 Å². The van der Waals surface area contributed by atoms with Crippen LogP contribution >= 0.6 is 0 Å². The summed E-state index contributed by atoms with van der Waals surface area (Å²) < 4.78 is 11.5. The summed E-state index contributed by atoms with van der Waals surface area (Å²) in [5, 5.41) is 27.6. The van der Waals surface area contributed by atoms with E-state index in [1.165, 1.54) is 0 Å². The molecule has 1 aromatic rings. The lowest BCUT2D eigenvalue weighted by molar-refractivity contribution is 0.0136. The zero-order chi connectivity index (χ0) is 28.6. The molecular weight excluding hydrogens is 512 g/mol. The molecule has 2 heterocycles. The topological polar surface area (TPSA) is 124 Å². The quantitative estimate of drug-likeness (QED) is 0.327. The van der Waals surface area contributed by atoms with Gasteiger partial charge in [0.25, 0.3) is 0 Å². The largest absolute Gasteiger partial charge is 0.445 e. The minimum absolute atomic E-state index is 0.0428. The van der Waals surface area contributed by atoms with Crippen LogP contribution in [0.15, 0.2) is 30.3 Å². The zero-order valence-corrected chi connectivity index (χ0v) is 24.2. The first kappa shape index (κ1) is 30.6. The van der Waals surface area contributed by atoms with Gasteiger partial charge in [0, 0.05) is 50.7 Å². The van der Waals surface area contributed by atoms with Crippen molar-refractivity contribution in [2.45, 2.75) is 63.8 Å². The third-order valence-electron chi connectivity index (χ3n) is 8.72. The van der Waals surface area contributed by atoms with Crippen molar-refractivity contribution < 1.29 is 29.3 Å². The minimum Gasteiger partial charge on any atom is -0.445 e. The van der Waals surface area contributed by atoms with Crippen LogP contribution in [0.5, 0.6) is 0 Å². The molecule has 6 atom stereocenters. The van der Waals surface area contributed by atoms with E-state index in [0.717, 1.165) is 24.8 Å². The van der Waals surface area contributed by atoms with E-state index in [-0.39, 0.29) is 42.9 Å². The molecule has 224 valence electrons. The summed E-state index contributed by atoms with van der Waals surface area (Å²) in [4.78, 5) is 30.3. The lowest BCUT2D eigenvalue weighted by atomic mass is 9.99. The number of benzene rings is 1. The van der Waals surface area contributed by atoms with Crippen LogP contribution in [0, 0.1) is 23.7 Å². The first-order chi connectivity index (χ1) is 19.3. The number of piperidine rings is 1. The Bertz CT molecular complexity index is 941. The Labute approximate surface area is 238 Å². The predicted octanol–water partition coefficient (Wildman–Crippen LogP) is 2.09. The Morgan fingerprint density at radius 3 is 2.52 bits per heavy atom. The van der Waals surface area contributed by atoms with Gasteiger partial charge in [-0.2, -0.15) is 0 Å². The number of nitrogens with one attached hydrogen (secondary N) is 2. The van der Waals surface area contributed by atoms with Crippen molar-refractivity contribution in [3.05, 3.63) is 35.9 Å². The van der Waals surface area contributed by atoms with E-state index in [9.17, 15) is 19.8 Å². The molecule has 0 bridgehead atoms. The molecule has 2 aliphatic heterocycles. The summed E-state index contributed by atoms with van der Waals surface area (Å²) >= 11 is 0. The number of carbonyl (C=O) groups excluding carboxylic acids is 2. The van der Waals surface area contributed by atoms with Crippen molar-refractivity contribution in [3.63, 3.8) is 0 Å². The highest BCUT2D eigenvalue weighted by Gasteiger charge is 2.48. The number of carbonyl (C=O) groups is 2. The maximum absolute atomic E-state index is 13.5. The van der Waals surface area contributed by atoms with Crippen LogP contribution in [0.4, 0.5) is 9.59 Å². The molecule has 0 radical (unpaired) electrons. The molecule has 0 spiro atoms. The van der Waals surface area contributed by atoms with Crippen LogP contribution in [0.1, 0.15) is 38.7 Å². The average molecular weight is 561 g/mol. The lowest BCUT2D eigenvalue weighted by Gasteiger charge is -2.38. The number of ether oxygens (including phenoxy) is 2. The van der Waals surface area contributed by atoms with Gasteiger partial charge in [0.1, 0.15) is 6.10 Å². The molecule has 1 saturated carbocycles. The van der Waals surface area contributed by atoms with E-state index in [1.807, 2.05) is 42.3 Å². The van der Waals surface area contributed by atoms with E-state index in [2.05, 4.69) is 24.5 Å². The predicted molar refractivity (Wildman–Crippen MR) is 152 cm³/mol. The summed E-state index contributed by atoms with van der Waals surface area (Å²) in [6.07, 6.45) is 0.897. The van der Waals surface area contributed by atoms with Gasteiger partial charge in [-0.3, -0.25) is 0 Å². The van der Waals surface area contributed by atoms with Crippen LogP contribution in [-0.4, -0.2) is 109 Å². The monoisotopic (exact) mass is 560 g/mol. The summed E-state index contributed by atoms with van der Waals surface area (Å²) in [6.45, 7) is 7.16. The number of likely N-dealkylation sites (tertiary alicyclic amines) is 1. The SMILES string of the molecule is CNC1CCN(C(=O)N(CC(C)C)C[C@@H](O)[C@H](Cc2ccccc2)NC(=O)OC2C(CO)CC3COCC32)CC1. The standard InChI is InChI=1S/C30H48N4O6/c1-20(2)15-34(30(38)33-11-9-24(31-3)10-12-33)16-27(36)26(13-21-7-5-4-6-8-21)32-29(37)40-28-22(17-35)14-23-18-39-19-25(23)28/h4-8,20,22-28,31,35-36H,9-19H2,1-3H3,(H,32,37)/t22?,23?,25?,26-,27+,28?/m0/s1. The fraction of sp³-hybridized carbons (Fsp3) is 0.733. The number of nitrogens with zero attached hydrogens (tertiary/aromatic N) is 2. The van der Waals surface area contributed by atoms with Crippen molar-refractivity contribution in [2.24, 2.45) is 23.7 Å². The van der Waals surface area contributed by atoms with Crippen LogP contribution < -0.4 is 10.6 Å². The summed E-state index contributed by atoms with van der Waals surface area (Å²) in [7, 11) is 1.95. The van der Waals surface area contributed by atoms with Crippen molar-refractivity contribution in [3.8, 4) is 0 Å². The number of urea groups is 1. The van der Waals surface area contributed by atoms with Crippen molar-refractivity contribution in [1.29, 1.82) is 0 Å². The number of amides is 3. The Morgan fingerprint density at radius 1 is 1.15 bits per heavy atom. The van der Waals surface area contributed by atoms with E-state index >= 15 is 0 Å². The van der Waals surface area contributed by atoms with Gasteiger partial charge in [-0.25, -0.2) is 9.59 Å². The molecule has 4 N–H and O–H groups in total. The van der Waals surface area contributed by atoms with Gasteiger partial charge in [-0.05, 0) is 50.1 Å². The first-order valence-corrected chi connectivity index (χ1v) is 14.9. The Kier molecular flexibility index (Phi) is 11.1.